The standard InChI is InChI=1S/C9H8IN3S/c10-8-12-9(14-13-8)11-6-7-4-2-1-3-5-7/h1-5H,6H2,(H,11,12,13). The number of anilines is 1. The van der Waals surface area contributed by atoms with Crippen LogP contribution in [0.2, 0.25) is 0 Å². The van der Waals surface area contributed by atoms with E-state index in [9.17, 15) is 0 Å². The minimum atomic E-state index is 0.795. The second kappa shape index (κ2) is 4.70. The van der Waals surface area contributed by atoms with Crippen molar-refractivity contribution in [2.45, 2.75) is 6.54 Å². The van der Waals surface area contributed by atoms with E-state index >= 15 is 0 Å². The van der Waals surface area contributed by atoms with Crippen molar-refractivity contribution >= 4 is 39.3 Å². The fourth-order valence-electron chi connectivity index (χ4n) is 1.05. The average Bonchev–Trinajstić information content (AvgIpc) is 2.63. The van der Waals surface area contributed by atoms with Gasteiger partial charge in [0.05, 0.1) is 0 Å². The van der Waals surface area contributed by atoms with Gasteiger partial charge in [0, 0.05) is 40.7 Å². The fraction of sp³-hybridized carbons (Fsp3) is 0.111. The highest BCUT2D eigenvalue weighted by Crippen LogP contribution is 2.13. The molecule has 1 aromatic heterocycles. The first-order valence-corrected chi connectivity index (χ1v) is 5.97. The Morgan fingerprint density at radius 1 is 1.29 bits per heavy atom. The first-order valence-electron chi connectivity index (χ1n) is 4.11. The van der Waals surface area contributed by atoms with Gasteiger partial charge in [-0.2, -0.15) is 9.36 Å². The number of nitrogens with one attached hydrogen (secondary N) is 1. The van der Waals surface area contributed by atoms with Gasteiger partial charge in [-0.1, -0.05) is 30.3 Å². The molecule has 0 amide bonds. The Labute approximate surface area is 99.9 Å². The number of hydrogen-bond donors (Lipinski definition) is 1. The van der Waals surface area contributed by atoms with E-state index in [-0.39, 0.29) is 0 Å². The first-order chi connectivity index (χ1) is 6.84. The van der Waals surface area contributed by atoms with E-state index in [0.717, 1.165) is 15.5 Å². The lowest BCUT2D eigenvalue weighted by atomic mass is 10.2. The minimum Gasteiger partial charge on any atom is -0.356 e. The van der Waals surface area contributed by atoms with Crippen LogP contribution in [0.1, 0.15) is 5.56 Å². The summed E-state index contributed by atoms with van der Waals surface area (Å²) in [7, 11) is 0. The molecule has 0 atom stereocenters. The molecule has 2 aromatic rings. The number of benzene rings is 1. The molecule has 0 bridgehead atoms. The van der Waals surface area contributed by atoms with Gasteiger partial charge in [0.15, 0.2) is 0 Å². The Hall–Kier alpha value is -0.690. The number of halogens is 1. The first kappa shape index (κ1) is 9.85. The Morgan fingerprint density at radius 3 is 2.71 bits per heavy atom. The predicted octanol–water partition coefficient (Wildman–Crippen LogP) is 2.75. The summed E-state index contributed by atoms with van der Waals surface area (Å²) in [4.78, 5) is 4.21. The zero-order chi connectivity index (χ0) is 9.80. The van der Waals surface area contributed by atoms with Crippen molar-refractivity contribution in [2.75, 3.05) is 5.32 Å². The van der Waals surface area contributed by atoms with Crippen molar-refractivity contribution in [3.05, 3.63) is 39.7 Å². The van der Waals surface area contributed by atoms with Crippen LogP contribution >= 0.6 is 34.1 Å². The normalized spacial score (nSPS) is 10.1. The van der Waals surface area contributed by atoms with Crippen molar-refractivity contribution in [3.8, 4) is 0 Å². The summed E-state index contributed by atoms with van der Waals surface area (Å²) in [5.74, 6) is 0. The molecule has 0 unspecified atom stereocenters. The molecule has 1 N–H and O–H groups in total. The van der Waals surface area contributed by atoms with E-state index in [1.165, 1.54) is 17.1 Å². The molecule has 2 rings (SSSR count). The quantitative estimate of drug-likeness (QED) is 0.885. The van der Waals surface area contributed by atoms with E-state index in [2.05, 4.69) is 49.4 Å². The summed E-state index contributed by atoms with van der Waals surface area (Å²) in [6.45, 7) is 0.798. The molecular formula is C9H8IN3S. The molecule has 1 heterocycles. The van der Waals surface area contributed by atoms with Gasteiger partial charge in [0.25, 0.3) is 0 Å². The van der Waals surface area contributed by atoms with Crippen LogP contribution in [-0.2, 0) is 6.54 Å². The van der Waals surface area contributed by atoms with Crippen LogP contribution in [0.25, 0.3) is 0 Å². The predicted molar refractivity (Wildman–Crippen MR) is 66.4 cm³/mol. The second-order valence-electron chi connectivity index (χ2n) is 2.71. The molecule has 0 radical (unpaired) electrons. The van der Waals surface area contributed by atoms with Gasteiger partial charge in [-0.15, -0.1) is 0 Å². The van der Waals surface area contributed by atoms with E-state index in [4.69, 9.17) is 0 Å². The maximum atomic E-state index is 4.21. The Bertz CT molecular complexity index is 401. The van der Waals surface area contributed by atoms with E-state index in [0.29, 0.717) is 0 Å². The van der Waals surface area contributed by atoms with Gasteiger partial charge in [0.2, 0.25) is 8.96 Å². The van der Waals surface area contributed by atoms with E-state index in [1.54, 1.807) is 0 Å². The molecule has 5 heteroatoms. The molecule has 0 aliphatic carbocycles. The van der Waals surface area contributed by atoms with Gasteiger partial charge < -0.3 is 5.32 Å². The summed E-state index contributed by atoms with van der Waals surface area (Å²) in [6, 6.07) is 10.2. The van der Waals surface area contributed by atoms with Crippen LogP contribution in [-0.4, -0.2) is 9.36 Å². The lowest BCUT2D eigenvalue weighted by molar-refractivity contribution is 1.12. The van der Waals surface area contributed by atoms with Crippen LogP contribution in [0, 0.1) is 3.83 Å². The number of aromatic nitrogens is 2. The van der Waals surface area contributed by atoms with Crippen LogP contribution in [0.15, 0.2) is 30.3 Å². The van der Waals surface area contributed by atoms with Crippen LogP contribution in [0.3, 0.4) is 0 Å². The highest BCUT2D eigenvalue weighted by Gasteiger charge is 1.99. The Morgan fingerprint density at radius 2 is 2.07 bits per heavy atom. The van der Waals surface area contributed by atoms with Gasteiger partial charge >= 0.3 is 0 Å². The second-order valence-corrected chi connectivity index (χ2v) is 4.42. The molecule has 0 aliphatic heterocycles. The van der Waals surface area contributed by atoms with Crippen molar-refractivity contribution in [1.29, 1.82) is 0 Å². The van der Waals surface area contributed by atoms with Crippen LogP contribution < -0.4 is 5.32 Å². The number of rotatable bonds is 3. The summed E-state index contributed by atoms with van der Waals surface area (Å²) in [5.41, 5.74) is 1.25. The smallest absolute Gasteiger partial charge is 0.205 e. The molecule has 0 spiro atoms. The highest BCUT2D eigenvalue weighted by molar-refractivity contribution is 14.1. The van der Waals surface area contributed by atoms with Gasteiger partial charge in [-0.3, -0.25) is 0 Å². The number of nitrogens with zero attached hydrogens (tertiary/aromatic N) is 2. The molecule has 0 aliphatic rings. The third kappa shape index (κ3) is 2.65. The van der Waals surface area contributed by atoms with E-state index in [1.807, 2.05) is 18.2 Å². The third-order valence-electron chi connectivity index (χ3n) is 1.69. The molecule has 0 saturated carbocycles. The molecule has 0 saturated heterocycles. The van der Waals surface area contributed by atoms with Crippen molar-refractivity contribution in [3.63, 3.8) is 0 Å². The Kier molecular flexibility index (Phi) is 3.30. The fourth-order valence-corrected chi connectivity index (χ4v) is 2.22. The van der Waals surface area contributed by atoms with E-state index < -0.39 is 0 Å². The molecular weight excluding hydrogens is 309 g/mol. The molecule has 14 heavy (non-hydrogen) atoms. The zero-order valence-corrected chi connectivity index (χ0v) is 10.2. The summed E-state index contributed by atoms with van der Waals surface area (Å²) in [6.07, 6.45) is 0. The topological polar surface area (TPSA) is 37.8 Å². The molecule has 0 fully saturated rings. The molecule has 1 aromatic carbocycles. The third-order valence-corrected chi connectivity index (χ3v) is 3.17. The summed E-state index contributed by atoms with van der Waals surface area (Å²) >= 11 is 3.49. The lowest BCUT2D eigenvalue weighted by Gasteiger charge is -2.00. The molecule has 72 valence electrons. The van der Waals surface area contributed by atoms with Crippen molar-refractivity contribution in [2.24, 2.45) is 0 Å². The Balaban J connectivity index is 1.95. The van der Waals surface area contributed by atoms with Gasteiger partial charge in [-0.25, -0.2) is 0 Å². The van der Waals surface area contributed by atoms with Crippen LogP contribution in [0.5, 0.6) is 0 Å². The largest absolute Gasteiger partial charge is 0.356 e. The lowest BCUT2D eigenvalue weighted by Crippen LogP contribution is -1.98. The number of hydrogen-bond acceptors (Lipinski definition) is 4. The zero-order valence-electron chi connectivity index (χ0n) is 7.27. The van der Waals surface area contributed by atoms with Gasteiger partial charge in [-0.05, 0) is 5.56 Å². The average molecular weight is 317 g/mol. The molecule has 3 nitrogen and oxygen atoms in total. The monoisotopic (exact) mass is 317 g/mol. The van der Waals surface area contributed by atoms with Crippen molar-refractivity contribution < 1.29 is 0 Å². The summed E-state index contributed by atoms with van der Waals surface area (Å²) < 4.78 is 4.88. The van der Waals surface area contributed by atoms with Crippen molar-refractivity contribution in [1.82, 2.24) is 9.36 Å². The summed E-state index contributed by atoms with van der Waals surface area (Å²) in [5, 5.41) is 4.10. The highest BCUT2D eigenvalue weighted by atomic mass is 127. The SMILES string of the molecule is Ic1nsc(NCc2ccccc2)n1. The maximum absolute atomic E-state index is 4.21. The van der Waals surface area contributed by atoms with Crippen LogP contribution in [0.4, 0.5) is 5.13 Å². The maximum Gasteiger partial charge on any atom is 0.205 e. The van der Waals surface area contributed by atoms with Gasteiger partial charge in [0.1, 0.15) is 0 Å². The minimum absolute atomic E-state index is 0.795.